The Morgan fingerprint density at radius 1 is 1.50 bits per heavy atom. The van der Waals surface area contributed by atoms with E-state index in [0.717, 1.165) is 12.3 Å². The summed E-state index contributed by atoms with van der Waals surface area (Å²) < 4.78 is 13.1. The van der Waals surface area contributed by atoms with Crippen LogP contribution in [0.5, 0.6) is 0 Å². The third-order valence-electron chi connectivity index (χ3n) is 2.96. The van der Waals surface area contributed by atoms with E-state index in [0.29, 0.717) is 12.1 Å². The van der Waals surface area contributed by atoms with Crippen LogP contribution in [0, 0.1) is 5.82 Å². The number of amides is 1. The van der Waals surface area contributed by atoms with Crippen LogP contribution in [0.4, 0.5) is 10.1 Å². The van der Waals surface area contributed by atoms with Gasteiger partial charge in [0.1, 0.15) is 5.82 Å². The van der Waals surface area contributed by atoms with Gasteiger partial charge in [-0.1, -0.05) is 0 Å². The van der Waals surface area contributed by atoms with Crippen molar-refractivity contribution < 1.29 is 9.18 Å². The molecule has 18 heavy (non-hydrogen) atoms. The quantitative estimate of drug-likeness (QED) is 0.795. The van der Waals surface area contributed by atoms with E-state index >= 15 is 0 Å². The number of halogens is 1. The monoisotopic (exact) mass is 268 g/mol. The molecule has 1 aliphatic rings. The highest BCUT2D eigenvalue weighted by molar-refractivity contribution is 8.00. The highest BCUT2D eigenvalue weighted by atomic mass is 32.2. The molecule has 0 aliphatic carbocycles. The predicted molar refractivity (Wildman–Crippen MR) is 73.3 cm³/mol. The minimum atomic E-state index is -0.485. The molecule has 0 bridgehead atoms. The second-order valence-electron chi connectivity index (χ2n) is 5.07. The average Bonchev–Trinajstić information content (AvgIpc) is 2.30. The molecule has 0 aromatic heterocycles. The van der Waals surface area contributed by atoms with Gasteiger partial charge in [0.2, 0.25) is 0 Å². The third-order valence-corrected chi connectivity index (χ3v) is 4.25. The normalized spacial score (nSPS) is 18.7. The Hall–Kier alpha value is -1.23. The second kappa shape index (κ2) is 4.80. The summed E-state index contributed by atoms with van der Waals surface area (Å²) in [5.41, 5.74) is 5.97. The first-order valence-electron chi connectivity index (χ1n) is 5.87. The van der Waals surface area contributed by atoms with Crippen LogP contribution in [-0.2, 0) is 0 Å². The summed E-state index contributed by atoms with van der Waals surface area (Å²) >= 11 is 1.86. The van der Waals surface area contributed by atoms with Crippen LogP contribution >= 0.6 is 11.8 Å². The summed E-state index contributed by atoms with van der Waals surface area (Å²) in [7, 11) is 0. The van der Waals surface area contributed by atoms with Crippen LogP contribution in [0.3, 0.4) is 0 Å². The van der Waals surface area contributed by atoms with Gasteiger partial charge in [-0.3, -0.25) is 4.79 Å². The maximum absolute atomic E-state index is 13.1. The Morgan fingerprint density at radius 3 is 2.83 bits per heavy atom. The second-order valence-corrected chi connectivity index (χ2v) is 6.87. The van der Waals surface area contributed by atoms with Gasteiger partial charge >= 0.3 is 0 Å². The number of hydrogen-bond donors (Lipinski definition) is 1. The molecule has 1 aromatic rings. The van der Waals surface area contributed by atoms with Crippen LogP contribution in [0.15, 0.2) is 18.2 Å². The van der Waals surface area contributed by atoms with Crippen LogP contribution < -0.4 is 5.73 Å². The van der Waals surface area contributed by atoms with Gasteiger partial charge in [-0.15, -0.1) is 0 Å². The molecule has 0 spiro atoms. The lowest BCUT2D eigenvalue weighted by Gasteiger charge is -2.37. The van der Waals surface area contributed by atoms with Crippen molar-refractivity contribution in [2.45, 2.75) is 18.6 Å². The van der Waals surface area contributed by atoms with Crippen molar-refractivity contribution in [3.05, 3.63) is 29.6 Å². The Kier molecular flexibility index (Phi) is 3.52. The molecule has 2 N–H and O–H groups in total. The van der Waals surface area contributed by atoms with Crippen molar-refractivity contribution in [2.75, 3.05) is 24.6 Å². The first-order chi connectivity index (χ1) is 8.39. The van der Waals surface area contributed by atoms with Crippen molar-refractivity contribution in [2.24, 2.45) is 0 Å². The number of nitrogens with zero attached hydrogens (tertiary/aromatic N) is 1. The van der Waals surface area contributed by atoms with Crippen molar-refractivity contribution >= 4 is 23.4 Å². The van der Waals surface area contributed by atoms with Gasteiger partial charge in [-0.25, -0.2) is 4.39 Å². The largest absolute Gasteiger partial charge is 0.396 e. The fourth-order valence-electron chi connectivity index (χ4n) is 2.05. The Bertz CT molecular complexity index is 476. The molecule has 1 aromatic carbocycles. The molecule has 1 aliphatic heterocycles. The molecule has 0 atom stereocenters. The van der Waals surface area contributed by atoms with Gasteiger partial charge in [0.15, 0.2) is 0 Å². The number of nitrogens with two attached hydrogens (primary N) is 1. The Morgan fingerprint density at radius 2 is 2.22 bits per heavy atom. The van der Waals surface area contributed by atoms with E-state index in [9.17, 15) is 9.18 Å². The highest BCUT2D eigenvalue weighted by Crippen LogP contribution is 2.30. The summed E-state index contributed by atoms with van der Waals surface area (Å²) in [5, 5.41) is 0. The van der Waals surface area contributed by atoms with Crippen LogP contribution in [0.25, 0.3) is 0 Å². The SMILES string of the molecule is CC1(C)CN(C(=O)c2ccc(F)c(N)c2)CCS1. The summed E-state index contributed by atoms with van der Waals surface area (Å²) in [4.78, 5) is 14.1. The van der Waals surface area contributed by atoms with Gasteiger partial charge in [0.05, 0.1) is 5.69 Å². The zero-order valence-corrected chi connectivity index (χ0v) is 11.4. The lowest BCUT2D eigenvalue weighted by molar-refractivity contribution is 0.0748. The van der Waals surface area contributed by atoms with E-state index in [1.54, 1.807) is 0 Å². The Balaban J connectivity index is 2.18. The number of hydrogen-bond acceptors (Lipinski definition) is 3. The fraction of sp³-hybridized carbons (Fsp3) is 0.462. The molecule has 1 heterocycles. The zero-order chi connectivity index (χ0) is 13.3. The summed E-state index contributed by atoms with van der Waals surface area (Å²) in [6.45, 7) is 5.67. The van der Waals surface area contributed by atoms with E-state index in [2.05, 4.69) is 13.8 Å². The number of carbonyl (C=O) groups excluding carboxylic acids is 1. The standard InChI is InChI=1S/C13H17FN2OS/c1-13(2)8-16(5-6-18-13)12(17)9-3-4-10(14)11(15)7-9/h3-4,7H,5-6,8,15H2,1-2H3. The molecule has 5 heteroatoms. The van der Waals surface area contributed by atoms with Crippen molar-refractivity contribution in [1.82, 2.24) is 4.90 Å². The first kappa shape index (κ1) is 13.2. The number of rotatable bonds is 1. The molecule has 1 fully saturated rings. The van der Waals surface area contributed by atoms with Crippen LogP contribution in [0.2, 0.25) is 0 Å². The van der Waals surface area contributed by atoms with Gasteiger partial charge in [0.25, 0.3) is 5.91 Å². The van der Waals surface area contributed by atoms with E-state index in [1.807, 2.05) is 16.7 Å². The molecule has 1 amide bonds. The van der Waals surface area contributed by atoms with E-state index < -0.39 is 5.82 Å². The molecule has 2 rings (SSSR count). The Labute approximate surface area is 111 Å². The maximum atomic E-state index is 13.1. The summed E-state index contributed by atoms with van der Waals surface area (Å²) in [5.74, 6) is 0.367. The topological polar surface area (TPSA) is 46.3 Å². The lowest BCUT2D eigenvalue weighted by Crippen LogP contribution is -2.46. The molecule has 0 saturated carbocycles. The molecular weight excluding hydrogens is 251 g/mol. The minimum absolute atomic E-state index is 0.0199. The predicted octanol–water partition coefficient (Wildman–Crippen LogP) is 2.38. The maximum Gasteiger partial charge on any atom is 0.254 e. The lowest BCUT2D eigenvalue weighted by atomic mass is 10.1. The fourth-order valence-corrected chi connectivity index (χ4v) is 3.16. The summed E-state index contributed by atoms with van der Waals surface area (Å²) in [6.07, 6.45) is 0. The number of thioether (sulfide) groups is 1. The average molecular weight is 268 g/mol. The van der Waals surface area contributed by atoms with Gasteiger partial charge < -0.3 is 10.6 Å². The number of anilines is 1. The molecular formula is C13H17FN2OS. The minimum Gasteiger partial charge on any atom is -0.396 e. The van der Waals surface area contributed by atoms with E-state index in [-0.39, 0.29) is 16.3 Å². The van der Waals surface area contributed by atoms with Gasteiger partial charge in [0, 0.05) is 29.2 Å². The molecule has 98 valence electrons. The van der Waals surface area contributed by atoms with Crippen LogP contribution in [-0.4, -0.2) is 34.4 Å². The smallest absolute Gasteiger partial charge is 0.254 e. The van der Waals surface area contributed by atoms with Crippen LogP contribution in [0.1, 0.15) is 24.2 Å². The number of benzene rings is 1. The molecule has 1 saturated heterocycles. The zero-order valence-electron chi connectivity index (χ0n) is 10.6. The van der Waals surface area contributed by atoms with Crippen molar-refractivity contribution in [3.63, 3.8) is 0 Å². The number of carbonyl (C=O) groups is 1. The van der Waals surface area contributed by atoms with E-state index in [1.165, 1.54) is 18.2 Å². The molecule has 0 unspecified atom stereocenters. The highest BCUT2D eigenvalue weighted by Gasteiger charge is 2.30. The van der Waals surface area contributed by atoms with E-state index in [4.69, 9.17) is 5.73 Å². The molecule has 0 radical (unpaired) electrons. The molecule has 3 nitrogen and oxygen atoms in total. The first-order valence-corrected chi connectivity index (χ1v) is 6.86. The third kappa shape index (κ3) is 2.77. The number of nitrogen functional groups attached to an aromatic ring is 1. The van der Waals surface area contributed by atoms with Gasteiger partial charge in [-0.2, -0.15) is 11.8 Å². The van der Waals surface area contributed by atoms with Crippen molar-refractivity contribution in [3.8, 4) is 0 Å². The van der Waals surface area contributed by atoms with Crippen molar-refractivity contribution in [1.29, 1.82) is 0 Å². The summed E-state index contributed by atoms with van der Waals surface area (Å²) in [6, 6.07) is 4.14. The van der Waals surface area contributed by atoms with Gasteiger partial charge in [-0.05, 0) is 32.0 Å².